The monoisotopic (exact) mass is 469 g/mol. The molecule has 178 valence electrons. The lowest BCUT2D eigenvalue weighted by Gasteiger charge is -2.32. The van der Waals surface area contributed by atoms with E-state index in [0.717, 1.165) is 36.1 Å². The fourth-order valence-corrected chi connectivity index (χ4v) is 4.19. The summed E-state index contributed by atoms with van der Waals surface area (Å²) in [5.74, 6) is 1.65. The van der Waals surface area contributed by atoms with Crippen LogP contribution in [0.2, 0.25) is 0 Å². The highest BCUT2D eigenvalue weighted by molar-refractivity contribution is 5.85. The molecule has 2 heterocycles. The van der Waals surface area contributed by atoms with Crippen molar-refractivity contribution >= 4 is 23.9 Å². The Bertz CT molecular complexity index is 927. The van der Waals surface area contributed by atoms with E-state index in [-0.39, 0.29) is 17.9 Å². The molecule has 0 radical (unpaired) electrons. The van der Waals surface area contributed by atoms with Crippen molar-refractivity contribution in [2.24, 2.45) is 5.92 Å². The van der Waals surface area contributed by atoms with Gasteiger partial charge in [-0.3, -0.25) is 4.90 Å². The summed E-state index contributed by atoms with van der Waals surface area (Å²) in [4.78, 5) is 4.67. The van der Waals surface area contributed by atoms with Crippen LogP contribution in [0.4, 0.5) is 11.5 Å². The average Bonchev–Trinajstić information content (AvgIpc) is 2.81. The van der Waals surface area contributed by atoms with Gasteiger partial charge in [0.25, 0.3) is 0 Å². The van der Waals surface area contributed by atoms with Crippen LogP contribution in [0.25, 0.3) is 11.3 Å². The fraction of sp³-hybridized carbons (Fsp3) is 0.385. The molecule has 0 amide bonds. The summed E-state index contributed by atoms with van der Waals surface area (Å²) in [5, 5.41) is 12.2. The third kappa shape index (κ3) is 7.70. The van der Waals surface area contributed by atoms with Gasteiger partial charge in [-0.1, -0.05) is 42.5 Å². The second-order valence-corrected chi connectivity index (χ2v) is 8.67. The van der Waals surface area contributed by atoms with Crippen LogP contribution in [0.5, 0.6) is 0 Å². The topological polar surface area (TPSA) is 75.8 Å². The van der Waals surface area contributed by atoms with Crippen molar-refractivity contribution in [2.45, 2.75) is 25.8 Å². The molecule has 1 saturated heterocycles. The van der Waals surface area contributed by atoms with Gasteiger partial charge in [-0.2, -0.15) is 0 Å². The zero-order valence-electron chi connectivity index (χ0n) is 19.6. The molecule has 0 atom stereocenters. The fourth-order valence-electron chi connectivity index (χ4n) is 4.19. The van der Waals surface area contributed by atoms with Crippen molar-refractivity contribution in [2.75, 3.05) is 43.9 Å². The third-order valence-electron chi connectivity index (χ3n) is 6.16. The zero-order valence-corrected chi connectivity index (χ0v) is 20.4. The van der Waals surface area contributed by atoms with Gasteiger partial charge in [0.2, 0.25) is 0 Å². The second kappa shape index (κ2) is 13.1. The highest BCUT2D eigenvalue weighted by Crippen LogP contribution is 2.23. The first kappa shape index (κ1) is 26.6. The molecule has 1 aliphatic heterocycles. The van der Waals surface area contributed by atoms with E-state index in [1.54, 1.807) is 0 Å². The first-order chi connectivity index (χ1) is 15.2. The molecule has 6 nitrogen and oxygen atoms in total. The number of likely N-dealkylation sites (tertiary alicyclic amines) is 1. The largest absolute Gasteiger partial charge is 0.412 e. The first-order valence-electron chi connectivity index (χ1n) is 11.3. The van der Waals surface area contributed by atoms with E-state index < -0.39 is 0 Å². The van der Waals surface area contributed by atoms with Crippen LogP contribution in [-0.2, 0) is 6.54 Å². The van der Waals surface area contributed by atoms with E-state index in [4.69, 9.17) is 0 Å². The van der Waals surface area contributed by atoms with Crippen LogP contribution in [0.15, 0.2) is 66.7 Å². The van der Waals surface area contributed by atoms with Crippen LogP contribution < -0.4 is 10.2 Å². The summed E-state index contributed by atoms with van der Waals surface area (Å²) in [5.41, 5.74) is 4.59. The molecule has 33 heavy (non-hydrogen) atoms. The minimum Gasteiger partial charge on any atom is -0.412 e. The van der Waals surface area contributed by atoms with Crippen molar-refractivity contribution in [1.82, 2.24) is 15.1 Å². The molecule has 0 unspecified atom stereocenters. The molecule has 4 rings (SSSR count). The van der Waals surface area contributed by atoms with Crippen LogP contribution in [0, 0.1) is 5.92 Å². The average molecular weight is 470 g/mol. The van der Waals surface area contributed by atoms with Crippen LogP contribution in [0.1, 0.15) is 24.8 Å². The quantitative estimate of drug-likeness (QED) is 0.524. The normalized spacial score (nSPS) is 14.1. The molecule has 1 fully saturated rings. The Labute approximate surface area is 203 Å². The molecule has 0 spiro atoms. The van der Waals surface area contributed by atoms with Crippen molar-refractivity contribution in [3.8, 4) is 11.3 Å². The highest BCUT2D eigenvalue weighted by Gasteiger charge is 2.19. The Kier molecular flexibility index (Phi) is 10.6. The maximum atomic E-state index is 4.41. The molecule has 0 aliphatic carbocycles. The zero-order chi connectivity index (χ0) is 21.5. The summed E-state index contributed by atoms with van der Waals surface area (Å²) in [7, 11) is 4.09. The number of nitrogens with one attached hydrogen (secondary N) is 1. The molecule has 0 bridgehead atoms. The van der Waals surface area contributed by atoms with Crippen LogP contribution in [-0.4, -0.2) is 54.3 Å². The van der Waals surface area contributed by atoms with Crippen molar-refractivity contribution < 1.29 is 5.48 Å². The van der Waals surface area contributed by atoms with Gasteiger partial charge in [0.1, 0.15) is 5.82 Å². The lowest BCUT2D eigenvalue weighted by Crippen LogP contribution is -2.33. The Morgan fingerprint density at radius 2 is 1.61 bits per heavy atom. The standard InChI is InChI=1S/C26H33N5.ClH.H2O/c1-30(2)24-10-8-23(9-11-24)25-12-13-26(29-28-25)27-17-14-21-15-18-31(19-16-21)20-22-6-4-3-5-7-22;;/h3-13,21H,14-20H2,1-2H3,(H,27,29);1H;1H2. The van der Waals surface area contributed by atoms with Crippen LogP contribution >= 0.6 is 12.4 Å². The lowest BCUT2D eigenvalue weighted by atomic mass is 9.93. The predicted molar refractivity (Wildman–Crippen MR) is 140 cm³/mol. The van der Waals surface area contributed by atoms with Crippen LogP contribution in [0.3, 0.4) is 0 Å². The van der Waals surface area contributed by atoms with Gasteiger partial charge in [-0.25, -0.2) is 0 Å². The Morgan fingerprint density at radius 3 is 2.21 bits per heavy atom. The van der Waals surface area contributed by atoms with Gasteiger partial charge >= 0.3 is 0 Å². The molecular formula is C26H36ClN5O. The number of piperidine rings is 1. The molecule has 3 N–H and O–H groups in total. The Hall–Kier alpha value is -2.67. The molecular weight excluding hydrogens is 434 g/mol. The maximum Gasteiger partial charge on any atom is 0.148 e. The maximum absolute atomic E-state index is 4.41. The number of hydrogen-bond donors (Lipinski definition) is 1. The van der Waals surface area contributed by atoms with Crippen molar-refractivity contribution in [1.29, 1.82) is 0 Å². The number of nitrogens with zero attached hydrogens (tertiary/aromatic N) is 4. The first-order valence-corrected chi connectivity index (χ1v) is 11.3. The van der Waals surface area contributed by atoms with Gasteiger partial charge in [0.05, 0.1) is 5.69 Å². The summed E-state index contributed by atoms with van der Waals surface area (Å²) in [6.07, 6.45) is 3.75. The third-order valence-corrected chi connectivity index (χ3v) is 6.16. The minimum atomic E-state index is 0. The predicted octanol–water partition coefficient (Wildman–Crippen LogP) is 4.52. The summed E-state index contributed by atoms with van der Waals surface area (Å²) in [6, 6.07) is 23.3. The van der Waals surface area contributed by atoms with Crippen molar-refractivity contribution in [3.63, 3.8) is 0 Å². The van der Waals surface area contributed by atoms with E-state index in [1.165, 1.54) is 43.6 Å². The number of rotatable bonds is 8. The molecule has 0 saturated carbocycles. The Balaban J connectivity index is 0.00000193. The number of halogens is 1. The van der Waals surface area contributed by atoms with E-state index in [2.05, 4.69) is 79.9 Å². The number of benzene rings is 2. The highest BCUT2D eigenvalue weighted by atomic mass is 35.5. The molecule has 1 aromatic heterocycles. The second-order valence-electron chi connectivity index (χ2n) is 8.67. The van der Waals surface area contributed by atoms with E-state index in [9.17, 15) is 0 Å². The summed E-state index contributed by atoms with van der Waals surface area (Å²) >= 11 is 0. The minimum absolute atomic E-state index is 0. The molecule has 1 aliphatic rings. The number of aromatic nitrogens is 2. The van der Waals surface area contributed by atoms with E-state index in [1.807, 2.05) is 26.2 Å². The van der Waals surface area contributed by atoms with E-state index in [0.29, 0.717) is 0 Å². The van der Waals surface area contributed by atoms with Gasteiger partial charge in [0.15, 0.2) is 0 Å². The van der Waals surface area contributed by atoms with Gasteiger partial charge in [0, 0.05) is 38.4 Å². The summed E-state index contributed by atoms with van der Waals surface area (Å²) < 4.78 is 0. The number of anilines is 2. The molecule has 7 heteroatoms. The SMILES string of the molecule is CN(C)c1ccc(-c2ccc(NCCC3CCN(Cc4ccccc4)CC3)nn2)cc1.Cl.O. The summed E-state index contributed by atoms with van der Waals surface area (Å²) in [6.45, 7) is 4.42. The molecule has 3 aromatic rings. The van der Waals surface area contributed by atoms with Gasteiger partial charge in [-0.05, 0) is 68.1 Å². The van der Waals surface area contributed by atoms with Gasteiger partial charge in [-0.15, -0.1) is 22.6 Å². The van der Waals surface area contributed by atoms with Crippen molar-refractivity contribution in [3.05, 3.63) is 72.3 Å². The Morgan fingerprint density at radius 1 is 0.909 bits per heavy atom. The van der Waals surface area contributed by atoms with Gasteiger partial charge < -0.3 is 15.7 Å². The van der Waals surface area contributed by atoms with E-state index >= 15 is 0 Å². The lowest BCUT2D eigenvalue weighted by molar-refractivity contribution is 0.174. The molecule has 2 aromatic carbocycles. The number of hydrogen-bond acceptors (Lipinski definition) is 5. The smallest absolute Gasteiger partial charge is 0.148 e.